The van der Waals surface area contributed by atoms with Crippen molar-refractivity contribution in [1.29, 1.82) is 0 Å². The van der Waals surface area contributed by atoms with Crippen LogP contribution >= 0.6 is 0 Å². The third kappa shape index (κ3) is 6.56. The van der Waals surface area contributed by atoms with Gasteiger partial charge in [0, 0.05) is 76.1 Å². The average Bonchev–Trinajstić information content (AvgIpc) is 1.00. The Kier molecular flexibility index (Phi) is 9.95. The van der Waals surface area contributed by atoms with Gasteiger partial charge in [-0.1, -0.05) is 170 Å². The smallest absolute Gasteiger partial charge is 0.265 e. The van der Waals surface area contributed by atoms with Crippen molar-refractivity contribution >= 4 is 165 Å². The molecule has 0 atom stereocenters. The summed E-state index contributed by atoms with van der Waals surface area (Å²) in [7, 11) is 0. The Hall–Kier alpha value is -12.9. The summed E-state index contributed by atoms with van der Waals surface area (Å²) in [6.45, 7) is 0. The molecule has 0 unspecified atom stereocenters. The quantitative estimate of drug-likeness (QED) is 0.0941. The summed E-state index contributed by atoms with van der Waals surface area (Å²) in [5, 5.41) is 14.6. The first-order valence-electron chi connectivity index (χ1n) is 31.6. The minimum Gasteiger partial charge on any atom is -0.309 e. The van der Waals surface area contributed by atoms with Crippen LogP contribution in [0.15, 0.2) is 279 Å². The number of anilines is 2. The highest BCUT2D eigenvalue weighted by Crippen LogP contribution is 2.49. The monoisotopic (exact) mass is 1200 g/mol. The lowest BCUT2D eigenvalue weighted by Gasteiger charge is -2.31. The van der Waals surface area contributed by atoms with Gasteiger partial charge in [-0.15, -0.1) is 0 Å². The molecule has 0 N–H and O–H groups in total. The van der Waals surface area contributed by atoms with E-state index >= 15 is 19.2 Å². The Bertz CT molecular complexity index is 5730. The third-order valence-electron chi connectivity index (χ3n) is 20.3. The van der Waals surface area contributed by atoms with E-state index < -0.39 is 23.6 Å². The van der Waals surface area contributed by atoms with Gasteiger partial charge >= 0.3 is 0 Å². The maximum atomic E-state index is 15.8. The summed E-state index contributed by atoms with van der Waals surface area (Å²) in [6.07, 6.45) is 0. The van der Waals surface area contributed by atoms with Crippen LogP contribution in [0.4, 0.5) is 11.4 Å². The summed E-state index contributed by atoms with van der Waals surface area (Å²) in [6, 6.07) is 94.1. The number of para-hydroxylation sites is 8. The minimum atomic E-state index is -0.440. The Balaban J connectivity index is 0.731. The Labute approximate surface area is 533 Å². The van der Waals surface area contributed by atoms with Crippen LogP contribution in [-0.4, -0.2) is 41.9 Å². The summed E-state index contributed by atoms with van der Waals surface area (Å²) in [4.78, 5) is 65.9. The van der Waals surface area contributed by atoms with Gasteiger partial charge in [-0.25, -0.2) is 9.80 Å². The molecular formula is C84H46N6O4. The molecule has 4 amide bonds. The number of aromatic nitrogens is 4. The van der Waals surface area contributed by atoms with Crippen molar-refractivity contribution < 1.29 is 19.2 Å². The number of nitrogens with zero attached hydrogens (tertiary/aromatic N) is 6. The molecule has 0 fully saturated rings. The molecule has 0 saturated heterocycles. The van der Waals surface area contributed by atoms with Crippen molar-refractivity contribution in [3.05, 3.63) is 301 Å². The van der Waals surface area contributed by atoms with Crippen LogP contribution in [0.25, 0.3) is 153 Å². The Morgan fingerprint density at radius 3 is 0.553 bits per heavy atom. The molecule has 0 radical (unpaired) electrons. The van der Waals surface area contributed by atoms with Crippen LogP contribution in [0, 0.1) is 0 Å². The van der Waals surface area contributed by atoms with Gasteiger partial charge in [-0.05, 0) is 142 Å². The lowest BCUT2D eigenvalue weighted by Crippen LogP contribution is -2.40. The first-order chi connectivity index (χ1) is 46.3. The van der Waals surface area contributed by atoms with Crippen LogP contribution in [0.5, 0.6) is 0 Å². The molecule has 6 heterocycles. The zero-order chi connectivity index (χ0) is 61.9. The molecule has 0 aliphatic carbocycles. The van der Waals surface area contributed by atoms with E-state index in [1.807, 2.05) is 121 Å². The Morgan fingerprint density at radius 2 is 0.351 bits per heavy atom. The number of hydrogen-bond acceptors (Lipinski definition) is 4. The third-order valence-corrected chi connectivity index (χ3v) is 20.3. The van der Waals surface area contributed by atoms with E-state index in [4.69, 9.17) is 0 Å². The number of hydrogen-bond donors (Lipinski definition) is 0. The SMILES string of the molecule is O=C1c2ccc3c4ccc5c6c(ccc(c7ccc(c2c37)C(=O)N1c1cc(-n2c3ccccc3c3ccccc32)cc(-n2c3ccccc3c3ccccc32)c1)c64)C(=O)N(c1cc(-n2c3ccccc3c3ccccc32)cc(-n2c3ccccc3c3ccccc32)c1)C5=O. The minimum absolute atomic E-state index is 0.398. The van der Waals surface area contributed by atoms with E-state index in [1.54, 1.807) is 0 Å². The van der Waals surface area contributed by atoms with Crippen LogP contribution in [0.2, 0.25) is 0 Å². The highest BCUT2D eigenvalue weighted by Gasteiger charge is 2.39. The molecule has 4 aromatic heterocycles. The maximum Gasteiger partial charge on any atom is 0.265 e. The van der Waals surface area contributed by atoms with E-state index in [0.717, 1.165) is 142 Å². The molecule has 2 aliphatic rings. The fraction of sp³-hybridized carbons (Fsp3) is 0. The van der Waals surface area contributed by atoms with Crippen molar-refractivity contribution in [2.24, 2.45) is 0 Å². The van der Waals surface area contributed by atoms with Gasteiger partial charge in [0.1, 0.15) is 0 Å². The lowest BCUT2D eigenvalue weighted by molar-refractivity contribution is 0.0877. The molecule has 94 heavy (non-hydrogen) atoms. The molecule has 19 aromatic rings. The van der Waals surface area contributed by atoms with Gasteiger partial charge in [-0.2, -0.15) is 0 Å². The average molecular weight is 1200 g/mol. The van der Waals surface area contributed by atoms with Crippen molar-refractivity contribution in [1.82, 2.24) is 18.3 Å². The lowest BCUT2D eigenvalue weighted by atomic mass is 9.82. The summed E-state index contributed by atoms with van der Waals surface area (Å²) in [5.41, 5.74) is 13.6. The second kappa shape index (κ2) is 18.4. The zero-order valence-electron chi connectivity index (χ0n) is 49.9. The predicted octanol–water partition coefficient (Wildman–Crippen LogP) is 19.7. The molecule has 0 bridgehead atoms. The van der Waals surface area contributed by atoms with Gasteiger partial charge in [0.15, 0.2) is 0 Å². The molecule has 0 saturated carbocycles. The van der Waals surface area contributed by atoms with Crippen LogP contribution < -0.4 is 9.80 Å². The summed E-state index contributed by atoms with van der Waals surface area (Å²) >= 11 is 0. The van der Waals surface area contributed by atoms with Crippen molar-refractivity contribution in [2.75, 3.05) is 9.80 Å². The summed E-state index contributed by atoms with van der Waals surface area (Å²) in [5.74, 6) is -1.76. The predicted molar refractivity (Wildman–Crippen MR) is 380 cm³/mol. The first kappa shape index (κ1) is 50.9. The maximum absolute atomic E-state index is 15.8. The van der Waals surface area contributed by atoms with Crippen molar-refractivity contribution in [2.45, 2.75) is 0 Å². The van der Waals surface area contributed by atoms with E-state index in [0.29, 0.717) is 44.4 Å². The fourth-order valence-corrected chi connectivity index (χ4v) is 16.5. The Morgan fingerprint density at radius 1 is 0.170 bits per heavy atom. The summed E-state index contributed by atoms with van der Waals surface area (Å²) < 4.78 is 8.91. The highest BCUT2D eigenvalue weighted by atomic mass is 16.2. The van der Waals surface area contributed by atoms with Gasteiger partial charge in [-0.3, -0.25) is 19.2 Å². The molecule has 10 heteroatoms. The number of imide groups is 2. The van der Waals surface area contributed by atoms with Gasteiger partial charge in [0.05, 0.1) is 78.3 Å². The van der Waals surface area contributed by atoms with Crippen molar-refractivity contribution in [3.63, 3.8) is 0 Å². The molecular weight excluding hydrogens is 1160 g/mol. The van der Waals surface area contributed by atoms with Gasteiger partial charge in [0.2, 0.25) is 0 Å². The van der Waals surface area contributed by atoms with E-state index in [-0.39, 0.29) is 0 Å². The topological polar surface area (TPSA) is 94.5 Å². The standard InChI is InChI=1S/C84H46N6O4/c91-81-65-37-33-61-63-35-39-67-80-68(84(94)90(83(67)93)52-45-49(87-73-29-13-5-21-57(73)58-22-6-14-30-74(58)87)42-50(46-52)88-75-31-15-7-23-59(75)60-24-8-16-32-76(60)88)40-36-64(78(63)80)62-34-38-66(79(65)77(61)62)82(92)89(81)51-43-47(85-69-25-9-1-17-53(69)54-18-2-10-26-70(54)85)41-48(44-51)86-71-27-11-3-19-55(71)56-20-4-12-28-72(56)86/h1-46H. The van der Waals surface area contributed by atoms with Gasteiger partial charge in [0.25, 0.3) is 23.6 Å². The largest absolute Gasteiger partial charge is 0.309 e. The fourth-order valence-electron chi connectivity index (χ4n) is 16.5. The number of fused-ring (bicyclic) bond motifs is 14. The van der Waals surface area contributed by atoms with E-state index in [2.05, 4.69) is 176 Å². The van der Waals surface area contributed by atoms with Crippen LogP contribution in [0.1, 0.15) is 41.4 Å². The van der Waals surface area contributed by atoms with E-state index in [9.17, 15) is 0 Å². The second-order valence-electron chi connectivity index (χ2n) is 24.9. The highest BCUT2D eigenvalue weighted by molar-refractivity contribution is 6.45. The van der Waals surface area contributed by atoms with Gasteiger partial charge < -0.3 is 18.3 Å². The van der Waals surface area contributed by atoms with Crippen LogP contribution in [-0.2, 0) is 0 Å². The number of amides is 4. The number of rotatable bonds is 6. The van der Waals surface area contributed by atoms with E-state index in [1.165, 1.54) is 9.80 Å². The number of carbonyl (C=O) groups excluding carboxylic acids is 4. The second-order valence-corrected chi connectivity index (χ2v) is 24.9. The molecule has 15 aromatic carbocycles. The molecule has 436 valence electrons. The first-order valence-corrected chi connectivity index (χ1v) is 31.6. The molecule has 0 spiro atoms. The molecule has 10 nitrogen and oxygen atoms in total. The normalized spacial score (nSPS) is 13.6. The molecule has 21 rings (SSSR count). The van der Waals surface area contributed by atoms with Crippen molar-refractivity contribution in [3.8, 4) is 22.7 Å². The zero-order valence-corrected chi connectivity index (χ0v) is 49.9. The number of benzene rings is 15. The molecule has 2 aliphatic heterocycles. The van der Waals surface area contributed by atoms with Crippen LogP contribution in [0.3, 0.4) is 0 Å². The number of carbonyl (C=O) groups is 4.